The summed E-state index contributed by atoms with van der Waals surface area (Å²) in [5.41, 5.74) is 3.14. The predicted octanol–water partition coefficient (Wildman–Crippen LogP) is 2.78. The molecule has 2 aromatic carbocycles. The maximum absolute atomic E-state index is 12.2. The molecular weight excluding hydrogens is 380 g/mol. The minimum absolute atomic E-state index is 0.271. The smallest absolute Gasteiger partial charge is 0.329 e. The summed E-state index contributed by atoms with van der Waals surface area (Å²) in [6.07, 6.45) is 4.69. The van der Waals surface area contributed by atoms with Crippen LogP contribution in [0, 0.1) is 0 Å². The quantitative estimate of drug-likeness (QED) is 0.174. The summed E-state index contributed by atoms with van der Waals surface area (Å²) < 4.78 is 5.10. The normalized spacial score (nSPS) is 11.8. The summed E-state index contributed by atoms with van der Waals surface area (Å²) in [7, 11) is 0. The van der Waals surface area contributed by atoms with Gasteiger partial charge in [0, 0.05) is 13.0 Å². The fourth-order valence-corrected chi connectivity index (χ4v) is 3.01. The summed E-state index contributed by atoms with van der Waals surface area (Å²) in [4.78, 5) is 24.4. The van der Waals surface area contributed by atoms with E-state index in [0.717, 1.165) is 30.4 Å². The maximum atomic E-state index is 12.2. The first kappa shape index (κ1) is 22.9. The zero-order valence-electron chi connectivity index (χ0n) is 17.3. The monoisotopic (exact) mass is 410 g/mol. The van der Waals surface area contributed by atoms with Crippen molar-refractivity contribution < 1.29 is 14.3 Å². The van der Waals surface area contributed by atoms with Crippen LogP contribution in [-0.4, -0.2) is 37.4 Å². The Hall–Kier alpha value is -3.35. The topological polar surface area (TPSA) is 106 Å². The average Bonchev–Trinajstić information content (AvgIpc) is 2.75. The van der Waals surface area contributed by atoms with E-state index in [-0.39, 0.29) is 12.6 Å². The second-order valence-corrected chi connectivity index (χ2v) is 6.87. The second-order valence-electron chi connectivity index (χ2n) is 6.87. The van der Waals surface area contributed by atoms with Crippen molar-refractivity contribution in [3.05, 3.63) is 71.3 Å². The van der Waals surface area contributed by atoms with Crippen molar-refractivity contribution in [2.45, 2.75) is 38.6 Å². The van der Waals surface area contributed by atoms with E-state index in [1.54, 1.807) is 13.1 Å². The van der Waals surface area contributed by atoms with Gasteiger partial charge in [-0.05, 0) is 42.9 Å². The Balaban J connectivity index is 1.73. The number of nitrogens with one attached hydrogen (secondary N) is 2. The first-order valence-corrected chi connectivity index (χ1v) is 10.2. The standard InChI is InChI=1S/C23H30N4O3/c1-2-30-22(28)21(16-19-9-4-3-5-10-19)27-23(29)25-15-7-6-8-18-11-13-20(14-12-18)17-26-24/h3-5,9-14,17,21H,2,6-8,15-16,24H2,1H3,(H2,25,27,29). The molecule has 2 aromatic rings. The third-order valence-corrected chi connectivity index (χ3v) is 4.54. The van der Waals surface area contributed by atoms with Crippen LogP contribution in [0.1, 0.15) is 36.5 Å². The number of nitrogens with two attached hydrogens (primary N) is 1. The molecule has 7 heteroatoms. The molecule has 0 bridgehead atoms. The second kappa shape index (κ2) is 13.0. The van der Waals surface area contributed by atoms with Gasteiger partial charge in [-0.15, -0.1) is 0 Å². The van der Waals surface area contributed by atoms with Crippen molar-refractivity contribution in [3.63, 3.8) is 0 Å². The minimum Gasteiger partial charge on any atom is -0.464 e. The summed E-state index contributed by atoms with van der Waals surface area (Å²) in [5, 5.41) is 9.05. The lowest BCUT2D eigenvalue weighted by molar-refractivity contribution is -0.145. The van der Waals surface area contributed by atoms with Crippen LogP contribution in [-0.2, 0) is 22.4 Å². The van der Waals surface area contributed by atoms with Crippen LogP contribution in [0.2, 0.25) is 0 Å². The van der Waals surface area contributed by atoms with Gasteiger partial charge in [0.25, 0.3) is 0 Å². The summed E-state index contributed by atoms with van der Waals surface area (Å²) in [6.45, 7) is 2.55. The zero-order chi connectivity index (χ0) is 21.6. The van der Waals surface area contributed by atoms with Gasteiger partial charge in [0.15, 0.2) is 0 Å². The Kier molecular flexibility index (Phi) is 9.92. The molecule has 0 aliphatic heterocycles. The van der Waals surface area contributed by atoms with Gasteiger partial charge in [0.2, 0.25) is 0 Å². The van der Waals surface area contributed by atoms with Crippen molar-refractivity contribution in [1.82, 2.24) is 10.6 Å². The fourth-order valence-electron chi connectivity index (χ4n) is 3.01. The molecule has 0 spiro atoms. The molecule has 2 amide bonds. The number of amides is 2. The van der Waals surface area contributed by atoms with Crippen molar-refractivity contribution >= 4 is 18.2 Å². The molecule has 160 valence electrons. The van der Waals surface area contributed by atoms with Crippen LogP contribution >= 0.6 is 0 Å². The molecular formula is C23H30N4O3. The third-order valence-electron chi connectivity index (χ3n) is 4.54. The molecule has 30 heavy (non-hydrogen) atoms. The van der Waals surface area contributed by atoms with Crippen LogP contribution in [0.15, 0.2) is 59.7 Å². The molecule has 0 fully saturated rings. The van der Waals surface area contributed by atoms with Gasteiger partial charge in [-0.25, -0.2) is 9.59 Å². The van der Waals surface area contributed by atoms with E-state index >= 15 is 0 Å². The predicted molar refractivity (Wildman–Crippen MR) is 118 cm³/mol. The van der Waals surface area contributed by atoms with E-state index in [4.69, 9.17) is 10.6 Å². The number of rotatable bonds is 11. The molecule has 0 saturated carbocycles. The fraction of sp³-hybridized carbons (Fsp3) is 0.348. The van der Waals surface area contributed by atoms with Gasteiger partial charge in [-0.1, -0.05) is 54.6 Å². The first-order chi connectivity index (χ1) is 14.6. The number of unbranched alkanes of at least 4 members (excludes halogenated alkanes) is 1. The number of nitrogens with zero attached hydrogens (tertiary/aromatic N) is 1. The lowest BCUT2D eigenvalue weighted by Gasteiger charge is -2.18. The van der Waals surface area contributed by atoms with Crippen LogP contribution in [0.25, 0.3) is 0 Å². The number of urea groups is 1. The van der Waals surface area contributed by atoms with Crippen molar-refractivity contribution in [1.29, 1.82) is 0 Å². The van der Waals surface area contributed by atoms with Gasteiger partial charge < -0.3 is 21.2 Å². The number of esters is 1. The Bertz CT molecular complexity index is 807. The van der Waals surface area contributed by atoms with Gasteiger partial charge >= 0.3 is 12.0 Å². The lowest BCUT2D eigenvalue weighted by atomic mass is 10.1. The number of aryl methyl sites for hydroxylation is 1. The number of benzene rings is 2. The van der Waals surface area contributed by atoms with Gasteiger partial charge in [0.05, 0.1) is 12.8 Å². The van der Waals surface area contributed by atoms with E-state index in [1.807, 2.05) is 54.6 Å². The van der Waals surface area contributed by atoms with Gasteiger partial charge in [0.1, 0.15) is 6.04 Å². The van der Waals surface area contributed by atoms with E-state index in [1.165, 1.54) is 5.56 Å². The highest BCUT2D eigenvalue weighted by Crippen LogP contribution is 2.07. The molecule has 1 atom stereocenters. The molecule has 0 saturated heterocycles. The molecule has 7 nitrogen and oxygen atoms in total. The van der Waals surface area contributed by atoms with Crippen LogP contribution in [0.5, 0.6) is 0 Å². The van der Waals surface area contributed by atoms with E-state index in [0.29, 0.717) is 13.0 Å². The number of carbonyl (C=O) groups is 2. The van der Waals surface area contributed by atoms with Crippen molar-refractivity contribution in [3.8, 4) is 0 Å². The molecule has 0 aliphatic carbocycles. The van der Waals surface area contributed by atoms with Crippen molar-refractivity contribution in [2.24, 2.45) is 10.9 Å². The Morgan fingerprint density at radius 3 is 2.47 bits per heavy atom. The summed E-state index contributed by atoms with van der Waals surface area (Å²) in [6, 6.07) is 16.5. The largest absolute Gasteiger partial charge is 0.464 e. The van der Waals surface area contributed by atoms with Crippen molar-refractivity contribution in [2.75, 3.05) is 13.2 Å². The molecule has 1 unspecified atom stereocenters. The highest BCUT2D eigenvalue weighted by atomic mass is 16.5. The number of hydrogen-bond acceptors (Lipinski definition) is 5. The Morgan fingerprint density at radius 1 is 1.07 bits per heavy atom. The van der Waals surface area contributed by atoms with Crippen LogP contribution in [0.3, 0.4) is 0 Å². The summed E-state index contributed by atoms with van der Waals surface area (Å²) in [5.74, 6) is 4.71. The van der Waals surface area contributed by atoms with Gasteiger partial charge in [-0.2, -0.15) is 5.10 Å². The average molecular weight is 411 g/mol. The van der Waals surface area contributed by atoms with E-state index in [9.17, 15) is 9.59 Å². The lowest BCUT2D eigenvalue weighted by Crippen LogP contribution is -2.48. The minimum atomic E-state index is -0.720. The molecule has 4 N–H and O–H groups in total. The number of carbonyl (C=O) groups excluding carboxylic acids is 2. The third kappa shape index (κ3) is 8.34. The molecule has 2 rings (SSSR count). The number of ether oxygens (including phenoxy) is 1. The van der Waals surface area contributed by atoms with Gasteiger partial charge in [-0.3, -0.25) is 0 Å². The Labute approximate surface area is 177 Å². The zero-order valence-corrected chi connectivity index (χ0v) is 17.3. The molecule has 0 aliphatic rings. The first-order valence-electron chi connectivity index (χ1n) is 10.2. The Morgan fingerprint density at radius 2 is 1.80 bits per heavy atom. The number of hydrogen-bond donors (Lipinski definition) is 3. The van der Waals surface area contributed by atoms with Crippen LogP contribution in [0.4, 0.5) is 4.79 Å². The highest BCUT2D eigenvalue weighted by molar-refractivity contribution is 5.83. The molecule has 0 aromatic heterocycles. The molecule has 0 radical (unpaired) electrons. The SMILES string of the molecule is CCOC(=O)C(Cc1ccccc1)NC(=O)NCCCCc1ccc(C=NN)cc1. The van der Waals surface area contributed by atoms with E-state index in [2.05, 4.69) is 15.7 Å². The highest BCUT2D eigenvalue weighted by Gasteiger charge is 2.22. The maximum Gasteiger partial charge on any atom is 0.329 e. The number of hydrazone groups is 1. The summed E-state index contributed by atoms with van der Waals surface area (Å²) >= 11 is 0. The molecule has 0 heterocycles. The van der Waals surface area contributed by atoms with Crippen LogP contribution < -0.4 is 16.5 Å². The van der Waals surface area contributed by atoms with E-state index < -0.39 is 12.0 Å².